The zero-order chi connectivity index (χ0) is 14.7. The van der Waals surface area contributed by atoms with Gasteiger partial charge in [0.2, 0.25) is 5.82 Å². The summed E-state index contributed by atoms with van der Waals surface area (Å²) in [7, 11) is 1.62. The second-order valence-corrected chi connectivity index (χ2v) is 4.49. The smallest absolute Gasteiger partial charge is 0.262 e. The van der Waals surface area contributed by atoms with Crippen LogP contribution in [0.15, 0.2) is 47.1 Å². The normalized spacial score (nSPS) is 10.6. The van der Waals surface area contributed by atoms with E-state index in [4.69, 9.17) is 9.26 Å². The van der Waals surface area contributed by atoms with E-state index in [9.17, 15) is 0 Å². The molecule has 5 heteroatoms. The van der Waals surface area contributed by atoms with Crippen molar-refractivity contribution in [2.75, 3.05) is 7.11 Å². The quantitative estimate of drug-likeness (QED) is 0.733. The van der Waals surface area contributed by atoms with Gasteiger partial charge in [0.1, 0.15) is 11.4 Å². The minimum atomic E-state index is 0.426. The molecule has 0 saturated carbocycles. The van der Waals surface area contributed by atoms with E-state index in [1.807, 2.05) is 36.4 Å². The lowest BCUT2D eigenvalue weighted by molar-refractivity contribution is 0.405. The lowest BCUT2D eigenvalue weighted by Gasteiger charge is -2.03. The summed E-state index contributed by atoms with van der Waals surface area (Å²) in [6.07, 6.45) is 2.59. The lowest BCUT2D eigenvalue weighted by atomic mass is 10.1. The van der Waals surface area contributed by atoms with Crippen molar-refractivity contribution in [2.45, 2.75) is 13.3 Å². The summed E-state index contributed by atoms with van der Waals surface area (Å²) in [6, 6.07) is 11.5. The number of hydrogen-bond acceptors (Lipinski definition) is 5. The topological polar surface area (TPSA) is 61.0 Å². The largest absolute Gasteiger partial charge is 0.496 e. The fourth-order valence-corrected chi connectivity index (χ4v) is 2.18. The molecule has 0 aliphatic heterocycles. The van der Waals surface area contributed by atoms with E-state index in [2.05, 4.69) is 22.0 Å². The van der Waals surface area contributed by atoms with Crippen LogP contribution in [-0.4, -0.2) is 22.2 Å². The molecule has 3 rings (SSSR count). The fourth-order valence-electron chi connectivity index (χ4n) is 2.18. The summed E-state index contributed by atoms with van der Waals surface area (Å²) in [4.78, 5) is 8.80. The van der Waals surface area contributed by atoms with Crippen molar-refractivity contribution in [2.24, 2.45) is 0 Å². The standard InChI is InChI=1S/C16H15N3O2/c1-3-11-7-6-10-17-14(11)15-18-16(21-19-15)12-8-4-5-9-13(12)20-2/h4-10H,3H2,1-2H3. The lowest BCUT2D eigenvalue weighted by Crippen LogP contribution is -1.92. The maximum absolute atomic E-state index is 5.37. The SMILES string of the molecule is CCc1cccnc1-c1noc(-c2ccccc2OC)n1. The molecule has 5 nitrogen and oxygen atoms in total. The highest BCUT2D eigenvalue weighted by Crippen LogP contribution is 2.30. The highest BCUT2D eigenvalue weighted by atomic mass is 16.5. The van der Waals surface area contributed by atoms with E-state index in [1.54, 1.807) is 13.3 Å². The van der Waals surface area contributed by atoms with Crippen LogP contribution in [0.1, 0.15) is 12.5 Å². The number of benzene rings is 1. The molecule has 2 aromatic heterocycles. The van der Waals surface area contributed by atoms with Crippen molar-refractivity contribution < 1.29 is 9.26 Å². The molecule has 0 amide bonds. The Hall–Kier alpha value is -2.69. The number of rotatable bonds is 4. The number of nitrogens with zero attached hydrogens (tertiary/aromatic N) is 3. The predicted molar refractivity (Wildman–Crippen MR) is 78.9 cm³/mol. The Kier molecular flexibility index (Phi) is 3.64. The van der Waals surface area contributed by atoms with Crippen molar-refractivity contribution in [3.63, 3.8) is 0 Å². The maximum Gasteiger partial charge on any atom is 0.262 e. The summed E-state index contributed by atoms with van der Waals surface area (Å²) >= 11 is 0. The maximum atomic E-state index is 5.37. The third-order valence-corrected chi connectivity index (χ3v) is 3.25. The van der Waals surface area contributed by atoms with Gasteiger partial charge in [-0.15, -0.1) is 0 Å². The van der Waals surface area contributed by atoms with Crippen molar-refractivity contribution in [3.8, 4) is 28.7 Å². The Morgan fingerprint density at radius 2 is 2.00 bits per heavy atom. The molecule has 0 N–H and O–H groups in total. The van der Waals surface area contributed by atoms with Gasteiger partial charge in [0.05, 0.1) is 12.7 Å². The minimum Gasteiger partial charge on any atom is -0.496 e. The first-order chi connectivity index (χ1) is 10.3. The molecular weight excluding hydrogens is 266 g/mol. The van der Waals surface area contributed by atoms with Crippen LogP contribution < -0.4 is 4.74 Å². The van der Waals surface area contributed by atoms with Crippen LogP contribution in [0, 0.1) is 0 Å². The van der Waals surface area contributed by atoms with Crippen molar-refractivity contribution >= 4 is 0 Å². The highest BCUT2D eigenvalue weighted by molar-refractivity contribution is 5.65. The summed E-state index contributed by atoms with van der Waals surface area (Å²) < 4.78 is 10.7. The van der Waals surface area contributed by atoms with Gasteiger partial charge in [0.25, 0.3) is 5.89 Å². The second-order valence-electron chi connectivity index (χ2n) is 4.49. The minimum absolute atomic E-state index is 0.426. The van der Waals surface area contributed by atoms with Gasteiger partial charge in [-0.05, 0) is 30.2 Å². The first-order valence-electron chi connectivity index (χ1n) is 6.75. The van der Waals surface area contributed by atoms with Gasteiger partial charge >= 0.3 is 0 Å². The molecule has 2 heterocycles. The molecule has 0 aliphatic carbocycles. The molecular formula is C16H15N3O2. The summed E-state index contributed by atoms with van der Waals surface area (Å²) in [5.74, 6) is 1.62. The first-order valence-corrected chi connectivity index (χ1v) is 6.75. The molecule has 0 radical (unpaired) electrons. The van der Waals surface area contributed by atoms with E-state index in [-0.39, 0.29) is 0 Å². The fraction of sp³-hybridized carbons (Fsp3) is 0.188. The van der Waals surface area contributed by atoms with Crippen LogP contribution in [0.4, 0.5) is 0 Å². The number of para-hydroxylation sites is 1. The van der Waals surface area contributed by atoms with E-state index in [1.165, 1.54) is 0 Å². The Labute approximate surface area is 122 Å². The van der Waals surface area contributed by atoms with E-state index in [0.29, 0.717) is 17.5 Å². The van der Waals surface area contributed by atoms with Gasteiger partial charge in [-0.3, -0.25) is 4.98 Å². The highest BCUT2D eigenvalue weighted by Gasteiger charge is 2.16. The number of aromatic nitrogens is 3. The summed E-state index contributed by atoms with van der Waals surface area (Å²) in [5.41, 5.74) is 2.61. The number of aryl methyl sites for hydroxylation is 1. The number of pyridine rings is 1. The molecule has 21 heavy (non-hydrogen) atoms. The van der Waals surface area contributed by atoms with Gasteiger partial charge in [-0.2, -0.15) is 4.98 Å². The van der Waals surface area contributed by atoms with Crippen molar-refractivity contribution in [1.82, 2.24) is 15.1 Å². The molecule has 0 fully saturated rings. The van der Waals surface area contributed by atoms with Crippen LogP contribution in [0.25, 0.3) is 23.0 Å². The monoisotopic (exact) mass is 281 g/mol. The second kappa shape index (κ2) is 5.75. The van der Waals surface area contributed by atoms with E-state index in [0.717, 1.165) is 23.2 Å². The third kappa shape index (κ3) is 2.50. The molecule has 0 aliphatic rings. The Morgan fingerprint density at radius 1 is 1.14 bits per heavy atom. The first kappa shape index (κ1) is 13.3. The van der Waals surface area contributed by atoms with Crippen LogP contribution in [0.5, 0.6) is 5.75 Å². The summed E-state index contributed by atoms with van der Waals surface area (Å²) in [5, 5.41) is 4.04. The van der Waals surface area contributed by atoms with Crippen LogP contribution in [-0.2, 0) is 6.42 Å². The van der Waals surface area contributed by atoms with Gasteiger partial charge in [-0.1, -0.05) is 30.3 Å². The predicted octanol–water partition coefficient (Wildman–Crippen LogP) is 3.37. The van der Waals surface area contributed by atoms with Crippen molar-refractivity contribution in [1.29, 1.82) is 0 Å². The summed E-state index contributed by atoms with van der Waals surface area (Å²) in [6.45, 7) is 2.07. The molecule has 0 saturated heterocycles. The van der Waals surface area contributed by atoms with E-state index < -0.39 is 0 Å². The zero-order valence-electron chi connectivity index (χ0n) is 11.9. The molecule has 1 aromatic carbocycles. The molecule has 3 aromatic rings. The van der Waals surface area contributed by atoms with Crippen LogP contribution in [0.2, 0.25) is 0 Å². The molecule has 0 bridgehead atoms. The molecule has 0 unspecified atom stereocenters. The molecule has 0 spiro atoms. The Balaban J connectivity index is 2.04. The number of methoxy groups -OCH3 is 1. The average Bonchev–Trinajstić information content (AvgIpc) is 3.04. The van der Waals surface area contributed by atoms with Gasteiger partial charge in [-0.25, -0.2) is 0 Å². The average molecular weight is 281 g/mol. The molecule has 106 valence electrons. The van der Waals surface area contributed by atoms with E-state index >= 15 is 0 Å². The Morgan fingerprint density at radius 3 is 2.81 bits per heavy atom. The van der Waals surface area contributed by atoms with Gasteiger partial charge in [0.15, 0.2) is 0 Å². The number of hydrogen-bond donors (Lipinski definition) is 0. The number of ether oxygens (including phenoxy) is 1. The van der Waals surface area contributed by atoms with Crippen LogP contribution in [0.3, 0.4) is 0 Å². The molecule has 0 atom stereocenters. The zero-order valence-corrected chi connectivity index (χ0v) is 11.9. The van der Waals surface area contributed by atoms with Gasteiger partial charge < -0.3 is 9.26 Å². The van der Waals surface area contributed by atoms with Crippen molar-refractivity contribution in [3.05, 3.63) is 48.2 Å². The third-order valence-electron chi connectivity index (χ3n) is 3.25. The van der Waals surface area contributed by atoms with Gasteiger partial charge in [0, 0.05) is 6.20 Å². The Bertz CT molecular complexity index is 691. The van der Waals surface area contributed by atoms with Crippen LogP contribution >= 0.6 is 0 Å².